The van der Waals surface area contributed by atoms with E-state index in [2.05, 4.69) is 15.6 Å². The number of carbonyl (C=O) groups excluding carboxylic acids is 2. The number of pyridine rings is 1. The summed E-state index contributed by atoms with van der Waals surface area (Å²) >= 11 is 0. The first kappa shape index (κ1) is 17.5. The molecule has 126 valence electrons. The second-order valence-electron chi connectivity index (χ2n) is 6.46. The highest BCUT2D eigenvalue weighted by atomic mass is 16.3. The Bertz CT molecular complexity index is 751. The van der Waals surface area contributed by atoms with Gasteiger partial charge in [-0.15, -0.1) is 0 Å². The van der Waals surface area contributed by atoms with Gasteiger partial charge in [-0.1, -0.05) is 18.2 Å². The fourth-order valence-corrected chi connectivity index (χ4v) is 2.11. The molecule has 0 spiro atoms. The lowest BCUT2D eigenvalue weighted by Crippen LogP contribution is -2.41. The summed E-state index contributed by atoms with van der Waals surface area (Å²) in [5.41, 5.74) is 0.587. The molecule has 2 rings (SSSR count). The number of para-hydroxylation sites is 1. The molecule has 0 saturated carbocycles. The third kappa shape index (κ3) is 4.81. The molecule has 0 radical (unpaired) electrons. The number of phenolic OH excluding ortho intramolecular Hbond substituents is 1. The first-order valence-corrected chi connectivity index (χ1v) is 7.60. The molecule has 0 unspecified atom stereocenters. The molecule has 6 nitrogen and oxygen atoms in total. The van der Waals surface area contributed by atoms with E-state index in [0.717, 1.165) is 0 Å². The number of nitrogens with zero attached hydrogens (tertiary/aromatic N) is 1. The summed E-state index contributed by atoms with van der Waals surface area (Å²) in [5.74, 6) is -0.639. The number of amides is 2. The number of aromatic hydroxyl groups is 1. The Morgan fingerprint density at radius 3 is 2.50 bits per heavy atom. The molecule has 1 aromatic heterocycles. The van der Waals surface area contributed by atoms with Crippen LogP contribution in [-0.4, -0.2) is 27.4 Å². The highest BCUT2D eigenvalue weighted by Crippen LogP contribution is 2.18. The maximum Gasteiger partial charge on any atom is 0.272 e. The van der Waals surface area contributed by atoms with Gasteiger partial charge in [0.1, 0.15) is 5.75 Å². The number of hydrogen-bond donors (Lipinski definition) is 3. The number of aromatic nitrogens is 1. The normalized spacial score (nSPS) is 11.0. The minimum absolute atomic E-state index is 0.00188. The Kier molecular flexibility index (Phi) is 5.18. The van der Waals surface area contributed by atoms with Crippen molar-refractivity contribution in [1.29, 1.82) is 0 Å². The maximum atomic E-state index is 12.3. The van der Waals surface area contributed by atoms with Crippen molar-refractivity contribution in [2.45, 2.75) is 32.7 Å². The van der Waals surface area contributed by atoms with E-state index in [9.17, 15) is 14.7 Å². The summed E-state index contributed by atoms with van der Waals surface area (Å²) in [6.07, 6.45) is 1.50. The molecule has 0 fully saturated rings. The largest absolute Gasteiger partial charge is 0.508 e. The minimum Gasteiger partial charge on any atom is -0.508 e. The Balaban J connectivity index is 2.14. The lowest BCUT2D eigenvalue weighted by atomic mass is 10.1. The van der Waals surface area contributed by atoms with Crippen molar-refractivity contribution < 1.29 is 14.7 Å². The first-order chi connectivity index (χ1) is 11.3. The Labute approximate surface area is 140 Å². The Morgan fingerprint density at radius 2 is 1.83 bits per heavy atom. The molecule has 0 aliphatic heterocycles. The molecule has 0 aliphatic carbocycles. The van der Waals surface area contributed by atoms with Gasteiger partial charge in [-0.3, -0.25) is 9.59 Å². The monoisotopic (exact) mass is 327 g/mol. The van der Waals surface area contributed by atoms with Gasteiger partial charge in [0.25, 0.3) is 5.91 Å². The van der Waals surface area contributed by atoms with Crippen molar-refractivity contribution in [2.24, 2.45) is 0 Å². The number of hydrogen-bond acceptors (Lipinski definition) is 4. The quantitative estimate of drug-likeness (QED) is 0.804. The third-order valence-corrected chi connectivity index (χ3v) is 3.13. The zero-order valence-corrected chi connectivity index (χ0v) is 14.0. The van der Waals surface area contributed by atoms with Crippen LogP contribution in [0.25, 0.3) is 0 Å². The molecule has 3 N–H and O–H groups in total. The summed E-state index contributed by atoms with van der Waals surface area (Å²) in [6.45, 7) is 5.60. The van der Waals surface area contributed by atoms with E-state index < -0.39 is 5.54 Å². The van der Waals surface area contributed by atoms with E-state index in [1.165, 1.54) is 12.3 Å². The number of carbonyl (C=O) groups is 2. The van der Waals surface area contributed by atoms with Crippen LogP contribution >= 0.6 is 0 Å². The van der Waals surface area contributed by atoms with Crippen LogP contribution in [-0.2, 0) is 11.2 Å². The molecule has 0 atom stereocenters. The van der Waals surface area contributed by atoms with Gasteiger partial charge in [0, 0.05) is 17.3 Å². The molecule has 6 heteroatoms. The van der Waals surface area contributed by atoms with Crippen molar-refractivity contribution in [3.8, 4) is 5.75 Å². The van der Waals surface area contributed by atoms with E-state index in [1.54, 1.807) is 30.3 Å². The van der Waals surface area contributed by atoms with Gasteiger partial charge in [0.2, 0.25) is 5.91 Å². The van der Waals surface area contributed by atoms with E-state index in [4.69, 9.17) is 0 Å². The van der Waals surface area contributed by atoms with Crippen LogP contribution in [0.4, 0.5) is 5.69 Å². The lowest BCUT2D eigenvalue weighted by molar-refractivity contribution is -0.115. The topological polar surface area (TPSA) is 91.3 Å². The second kappa shape index (κ2) is 7.12. The Morgan fingerprint density at radius 1 is 1.12 bits per heavy atom. The smallest absolute Gasteiger partial charge is 0.272 e. The first-order valence-electron chi connectivity index (χ1n) is 7.60. The van der Waals surface area contributed by atoms with Crippen LogP contribution in [0.15, 0.2) is 42.6 Å². The summed E-state index contributed by atoms with van der Waals surface area (Å²) in [7, 11) is 0. The minimum atomic E-state index is -0.411. The van der Waals surface area contributed by atoms with Crippen molar-refractivity contribution in [3.63, 3.8) is 0 Å². The van der Waals surface area contributed by atoms with Gasteiger partial charge in [-0.25, -0.2) is 4.98 Å². The van der Waals surface area contributed by atoms with Crippen molar-refractivity contribution >= 4 is 17.5 Å². The van der Waals surface area contributed by atoms with Gasteiger partial charge < -0.3 is 15.7 Å². The summed E-state index contributed by atoms with van der Waals surface area (Å²) in [5, 5.41) is 15.2. The van der Waals surface area contributed by atoms with E-state index >= 15 is 0 Å². The van der Waals surface area contributed by atoms with Crippen LogP contribution in [0.1, 0.15) is 36.8 Å². The standard InChI is InChI=1S/C18H21N3O3/c1-18(2,3)21-17(24)16-13(8-6-10-19-16)20-15(23)11-12-7-4-5-9-14(12)22/h4-10,22H,11H2,1-3H3,(H,20,23)(H,21,24). The molecular formula is C18H21N3O3. The zero-order chi connectivity index (χ0) is 17.7. The number of benzene rings is 1. The van der Waals surface area contributed by atoms with Crippen molar-refractivity contribution in [3.05, 3.63) is 53.9 Å². The van der Waals surface area contributed by atoms with Crippen LogP contribution in [0.3, 0.4) is 0 Å². The average molecular weight is 327 g/mol. The van der Waals surface area contributed by atoms with Gasteiger partial charge in [-0.05, 0) is 39.0 Å². The second-order valence-corrected chi connectivity index (χ2v) is 6.46. The fraction of sp³-hybridized carbons (Fsp3) is 0.278. The molecule has 24 heavy (non-hydrogen) atoms. The number of phenols is 1. The predicted octanol–water partition coefficient (Wildman–Crippen LogP) is 2.50. The van der Waals surface area contributed by atoms with E-state index in [1.807, 2.05) is 20.8 Å². The fourth-order valence-electron chi connectivity index (χ4n) is 2.11. The van der Waals surface area contributed by atoms with Gasteiger partial charge in [0.15, 0.2) is 5.69 Å². The van der Waals surface area contributed by atoms with Crippen LogP contribution < -0.4 is 10.6 Å². The highest BCUT2D eigenvalue weighted by Gasteiger charge is 2.20. The summed E-state index contributed by atoms with van der Waals surface area (Å²) in [4.78, 5) is 28.6. The van der Waals surface area contributed by atoms with Gasteiger partial charge in [0.05, 0.1) is 12.1 Å². The Hall–Kier alpha value is -2.89. The number of nitrogens with one attached hydrogen (secondary N) is 2. The van der Waals surface area contributed by atoms with Crippen molar-refractivity contribution in [2.75, 3.05) is 5.32 Å². The van der Waals surface area contributed by atoms with Crippen LogP contribution in [0.2, 0.25) is 0 Å². The predicted molar refractivity (Wildman–Crippen MR) is 91.9 cm³/mol. The maximum absolute atomic E-state index is 12.3. The molecule has 0 bridgehead atoms. The molecular weight excluding hydrogens is 306 g/mol. The van der Waals surface area contributed by atoms with E-state index in [0.29, 0.717) is 11.3 Å². The summed E-state index contributed by atoms with van der Waals surface area (Å²) in [6, 6.07) is 9.89. The van der Waals surface area contributed by atoms with Crippen molar-refractivity contribution in [1.82, 2.24) is 10.3 Å². The van der Waals surface area contributed by atoms with Gasteiger partial charge >= 0.3 is 0 Å². The molecule has 0 aliphatic rings. The molecule has 2 amide bonds. The van der Waals surface area contributed by atoms with E-state index in [-0.39, 0.29) is 29.7 Å². The lowest BCUT2D eigenvalue weighted by Gasteiger charge is -2.21. The zero-order valence-electron chi connectivity index (χ0n) is 14.0. The number of rotatable bonds is 4. The molecule has 0 saturated heterocycles. The molecule has 2 aromatic rings. The van der Waals surface area contributed by atoms with Gasteiger partial charge in [-0.2, -0.15) is 0 Å². The van der Waals surface area contributed by atoms with Crippen LogP contribution in [0, 0.1) is 0 Å². The molecule has 1 aromatic carbocycles. The third-order valence-electron chi connectivity index (χ3n) is 3.13. The SMILES string of the molecule is CC(C)(C)NC(=O)c1ncccc1NC(=O)Cc1ccccc1O. The average Bonchev–Trinajstić information content (AvgIpc) is 2.48. The van der Waals surface area contributed by atoms with Crippen LogP contribution in [0.5, 0.6) is 5.75 Å². The summed E-state index contributed by atoms with van der Waals surface area (Å²) < 4.78 is 0. The number of anilines is 1. The molecule has 1 heterocycles. The highest BCUT2D eigenvalue weighted by molar-refractivity contribution is 6.02.